The van der Waals surface area contributed by atoms with Crippen LogP contribution >= 0.6 is 0 Å². The Bertz CT molecular complexity index is 746. The highest BCUT2D eigenvalue weighted by Gasteiger charge is 2.04. The lowest BCUT2D eigenvalue weighted by molar-refractivity contribution is 0.0963. The van der Waals surface area contributed by atoms with E-state index in [9.17, 15) is 9.18 Å². The molecule has 0 radical (unpaired) electrons. The first kappa shape index (κ1) is 18.4. The first-order valence-corrected chi connectivity index (χ1v) is 8.20. The molecule has 0 unspecified atom stereocenters. The number of nitrogens with zero attached hydrogens (tertiary/aromatic N) is 1. The van der Waals surface area contributed by atoms with Crippen molar-refractivity contribution in [2.75, 3.05) is 13.6 Å². The fourth-order valence-electron chi connectivity index (χ4n) is 2.30. The number of guanidine groups is 1. The van der Waals surface area contributed by atoms with Crippen molar-refractivity contribution < 1.29 is 9.18 Å². The highest BCUT2D eigenvalue weighted by molar-refractivity contribution is 5.94. The van der Waals surface area contributed by atoms with Gasteiger partial charge in [-0.15, -0.1) is 0 Å². The van der Waals surface area contributed by atoms with Gasteiger partial charge < -0.3 is 16.0 Å². The van der Waals surface area contributed by atoms with E-state index in [0.29, 0.717) is 31.2 Å². The second-order valence-electron chi connectivity index (χ2n) is 5.46. The Morgan fingerprint density at radius 1 is 1.08 bits per heavy atom. The average molecular weight is 342 g/mol. The van der Waals surface area contributed by atoms with Crippen molar-refractivity contribution in [1.29, 1.82) is 0 Å². The largest absolute Gasteiger partial charge is 0.357 e. The number of hydrogen-bond donors (Lipinski definition) is 3. The highest BCUT2D eigenvalue weighted by Crippen LogP contribution is 2.06. The minimum Gasteiger partial charge on any atom is -0.357 e. The van der Waals surface area contributed by atoms with Gasteiger partial charge in [-0.1, -0.05) is 24.3 Å². The molecule has 0 heterocycles. The number of rotatable bonds is 6. The molecule has 3 N–H and O–H groups in total. The Kier molecular flexibility index (Phi) is 6.95. The van der Waals surface area contributed by atoms with Crippen molar-refractivity contribution in [1.82, 2.24) is 16.0 Å². The third-order valence-corrected chi connectivity index (χ3v) is 3.53. The van der Waals surface area contributed by atoms with Gasteiger partial charge in [-0.25, -0.2) is 9.38 Å². The Morgan fingerprint density at radius 2 is 1.84 bits per heavy atom. The van der Waals surface area contributed by atoms with Crippen molar-refractivity contribution in [2.45, 2.75) is 20.0 Å². The molecular weight excluding hydrogens is 319 g/mol. The summed E-state index contributed by atoms with van der Waals surface area (Å²) in [5.41, 5.74) is 2.39. The van der Waals surface area contributed by atoms with Gasteiger partial charge in [0.15, 0.2) is 5.96 Å². The van der Waals surface area contributed by atoms with Gasteiger partial charge in [0.05, 0.1) is 6.54 Å². The van der Waals surface area contributed by atoms with Gasteiger partial charge in [0, 0.05) is 25.7 Å². The second-order valence-corrected chi connectivity index (χ2v) is 5.46. The van der Waals surface area contributed by atoms with Crippen LogP contribution in [-0.2, 0) is 13.1 Å². The molecule has 0 bridgehead atoms. The maximum Gasteiger partial charge on any atom is 0.251 e. The third kappa shape index (κ3) is 5.91. The van der Waals surface area contributed by atoms with Crippen molar-refractivity contribution in [3.05, 3.63) is 71.0 Å². The Hall–Kier alpha value is -2.89. The van der Waals surface area contributed by atoms with Gasteiger partial charge in [0.2, 0.25) is 0 Å². The van der Waals surface area contributed by atoms with Crippen molar-refractivity contribution in [2.24, 2.45) is 4.99 Å². The van der Waals surface area contributed by atoms with Gasteiger partial charge in [-0.3, -0.25) is 4.79 Å². The molecule has 132 valence electrons. The van der Waals surface area contributed by atoms with Gasteiger partial charge in [0.25, 0.3) is 5.91 Å². The number of amides is 1. The van der Waals surface area contributed by atoms with E-state index in [4.69, 9.17) is 0 Å². The zero-order valence-electron chi connectivity index (χ0n) is 14.5. The summed E-state index contributed by atoms with van der Waals surface area (Å²) in [6, 6.07) is 13.8. The maximum atomic E-state index is 13.2. The van der Waals surface area contributed by atoms with Crippen LogP contribution in [0, 0.1) is 5.82 Å². The Balaban J connectivity index is 2.01. The van der Waals surface area contributed by atoms with Crippen LogP contribution in [0.4, 0.5) is 4.39 Å². The van der Waals surface area contributed by atoms with Crippen molar-refractivity contribution in [3.63, 3.8) is 0 Å². The first-order chi connectivity index (χ1) is 12.1. The molecule has 25 heavy (non-hydrogen) atoms. The van der Waals surface area contributed by atoms with Crippen LogP contribution in [0.15, 0.2) is 53.5 Å². The minimum atomic E-state index is -0.267. The number of hydrogen-bond acceptors (Lipinski definition) is 2. The lowest BCUT2D eigenvalue weighted by Gasteiger charge is -2.12. The quantitative estimate of drug-likeness (QED) is 0.558. The van der Waals surface area contributed by atoms with Crippen molar-refractivity contribution >= 4 is 11.9 Å². The van der Waals surface area contributed by atoms with Gasteiger partial charge in [-0.05, 0) is 42.3 Å². The Morgan fingerprint density at radius 3 is 2.56 bits per heavy atom. The van der Waals surface area contributed by atoms with Crippen LogP contribution in [0.3, 0.4) is 0 Å². The summed E-state index contributed by atoms with van der Waals surface area (Å²) in [6.45, 7) is 3.60. The number of benzene rings is 2. The van der Waals surface area contributed by atoms with Crippen molar-refractivity contribution in [3.8, 4) is 0 Å². The molecule has 0 aliphatic heterocycles. The molecule has 2 aromatic rings. The van der Waals surface area contributed by atoms with E-state index in [0.717, 1.165) is 11.1 Å². The lowest BCUT2D eigenvalue weighted by Crippen LogP contribution is -2.36. The highest BCUT2D eigenvalue weighted by atomic mass is 19.1. The molecule has 2 rings (SSSR count). The summed E-state index contributed by atoms with van der Waals surface area (Å²) >= 11 is 0. The maximum absolute atomic E-state index is 13.2. The molecule has 6 heteroatoms. The lowest BCUT2D eigenvalue weighted by atomic mass is 10.1. The number of halogens is 1. The molecule has 0 aliphatic rings. The number of carbonyl (C=O) groups is 1. The SMILES string of the molecule is CCNC(=NCc1cccc(F)c1)NCc1cccc(C(=O)NC)c1. The molecule has 2 aromatic carbocycles. The first-order valence-electron chi connectivity index (χ1n) is 8.20. The fourth-order valence-corrected chi connectivity index (χ4v) is 2.30. The van der Waals surface area contributed by atoms with Gasteiger partial charge in [0.1, 0.15) is 5.82 Å². The molecular formula is C19H23FN4O. The molecule has 0 saturated carbocycles. The van der Waals surface area contributed by atoms with Crippen LogP contribution in [0.5, 0.6) is 0 Å². The molecule has 1 amide bonds. The summed E-state index contributed by atoms with van der Waals surface area (Å²) in [5, 5.41) is 8.98. The summed E-state index contributed by atoms with van der Waals surface area (Å²) in [4.78, 5) is 16.2. The van der Waals surface area contributed by atoms with E-state index in [-0.39, 0.29) is 11.7 Å². The predicted octanol–water partition coefficient (Wildman–Crippen LogP) is 2.44. The van der Waals surface area contributed by atoms with Gasteiger partial charge in [-0.2, -0.15) is 0 Å². The smallest absolute Gasteiger partial charge is 0.251 e. The molecule has 0 atom stereocenters. The predicted molar refractivity (Wildman–Crippen MR) is 97.9 cm³/mol. The van der Waals surface area contributed by atoms with E-state index < -0.39 is 0 Å². The van der Waals surface area contributed by atoms with Crippen LogP contribution in [0.25, 0.3) is 0 Å². The topological polar surface area (TPSA) is 65.5 Å². The van der Waals surface area contributed by atoms with Crippen LogP contribution < -0.4 is 16.0 Å². The van der Waals surface area contributed by atoms with E-state index in [1.165, 1.54) is 12.1 Å². The van der Waals surface area contributed by atoms with Crippen LogP contribution in [-0.4, -0.2) is 25.5 Å². The summed E-state index contributed by atoms with van der Waals surface area (Å²) in [6.07, 6.45) is 0. The normalized spacial score (nSPS) is 11.1. The number of nitrogens with one attached hydrogen (secondary N) is 3. The molecule has 0 saturated heterocycles. The fraction of sp³-hybridized carbons (Fsp3) is 0.263. The third-order valence-electron chi connectivity index (χ3n) is 3.53. The average Bonchev–Trinajstić information content (AvgIpc) is 2.63. The standard InChI is InChI=1S/C19H23FN4O/c1-3-22-19(24-13-15-7-5-9-17(20)11-15)23-12-14-6-4-8-16(10-14)18(25)21-2/h4-11H,3,12-13H2,1-2H3,(H,21,25)(H2,22,23,24). The Labute approximate surface area is 147 Å². The second kappa shape index (κ2) is 9.42. The molecule has 0 aliphatic carbocycles. The monoisotopic (exact) mass is 342 g/mol. The summed E-state index contributed by atoms with van der Waals surface area (Å²) < 4.78 is 13.2. The molecule has 0 fully saturated rings. The van der Waals surface area contributed by atoms with Crippen LogP contribution in [0.2, 0.25) is 0 Å². The molecule has 5 nitrogen and oxygen atoms in total. The van der Waals surface area contributed by atoms with E-state index in [2.05, 4.69) is 20.9 Å². The summed E-state index contributed by atoms with van der Waals surface area (Å²) in [7, 11) is 1.61. The number of aliphatic imine (C=N–C) groups is 1. The summed E-state index contributed by atoms with van der Waals surface area (Å²) in [5.74, 6) is 0.252. The zero-order valence-corrected chi connectivity index (χ0v) is 14.5. The van der Waals surface area contributed by atoms with E-state index in [1.54, 1.807) is 19.2 Å². The molecule has 0 spiro atoms. The zero-order chi connectivity index (χ0) is 18.1. The van der Waals surface area contributed by atoms with Gasteiger partial charge >= 0.3 is 0 Å². The van der Waals surface area contributed by atoms with E-state index in [1.807, 2.05) is 31.2 Å². The number of carbonyl (C=O) groups excluding carboxylic acids is 1. The van der Waals surface area contributed by atoms with Crippen LogP contribution in [0.1, 0.15) is 28.4 Å². The minimum absolute atomic E-state index is 0.117. The molecule has 0 aromatic heterocycles. The van der Waals surface area contributed by atoms with E-state index >= 15 is 0 Å².